The fourth-order valence-corrected chi connectivity index (χ4v) is 1.89. The molecular formula is C13H13NO3. The molecule has 1 heterocycles. The number of amides is 2. The Morgan fingerprint density at radius 3 is 2.35 bits per heavy atom. The van der Waals surface area contributed by atoms with Crippen molar-refractivity contribution in [2.75, 3.05) is 13.8 Å². The van der Waals surface area contributed by atoms with Gasteiger partial charge >= 0.3 is 0 Å². The summed E-state index contributed by atoms with van der Waals surface area (Å²) >= 11 is 0. The Hall–Kier alpha value is -1.94. The predicted molar refractivity (Wildman–Crippen MR) is 62.8 cm³/mol. The Morgan fingerprint density at radius 2 is 1.76 bits per heavy atom. The minimum absolute atomic E-state index is 0.00859. The molecule has 1 aliphatic heterocycles. The van der Waals surface area contributed by atoms with E-state index in [0.717, 1.165) is 10.5 Å². The Labute approximate surface area is 99.5 Å². The summed E-state index contributed by atoms with van der Waals surface area (Å²) in [7, 11) is 1.45. The van der Waals surface area contributed by atoms with Crippen LogP contribution in [-0.4, -0.2) is 30.6 Å². The van der Waals surface area contributed by atoms with Crippen molar-refractivity contribution in [1.29, 1.82) is 0 Å². The average molecular weight is 231 g/mol. The minimum atomic E-state index is -0.291. The summed E-state index contributed by atoms with van der Waals surface area (Å²) in [6, 6.07) is 9.19. The standard InChI is InChI=1S/C13H13NO3/c1-9-11(10-6-4-3-5-7-10)13(16)14(8-17-2)12(9)15/h3-7H,8H2,1-2H3. The SMILES string of the molecule is COCN1C(=O)C(C)=C(c2ccccc2)C1=O. The molecule has 0 aliphatic carbocycles. The smallest absolute Gasteiger partial charge is 0.263 e. The Morgan fingerprint density at radius 1 is 1.12 bits per heavy atom. The zero-order chi connectivity index (χ0) is 12.4. The van der Waals surface area contributed by atoms with Gasteiger partial charge in [-0.05, 0) is 12.5 Å². The van der Waals surface area contributed by atoms with Crippen molar-refractivity contribution in [2.24, 2.45) is 0 Å². The van der Waals surface area contributed by atoms with Gasteiger partial charge < -0.3 is 4.74 Å². The van der Waals surface area contributed by atoms with E-state index in [0.29, 0.717) is 11.1 Å². The molecule has 0 bridgehead atoms. The number of hydrogen-bond donors (Lipinski definition) is 0. The van der Waals surface area contributed by atoms with Gasteiger partial charge in [0.2, 0.25) is 0 Å². The highest BCUT2D eigenvalue weighted by molar-refractivity contribution is 6.35. The van der Waals surface area contributed by atoms with E-state index in [1.165, 1.54) is 7.11 Å². The molecule has 4 heteroatoms. The highest BCUT2D eigenvalue weighted by atomic mass is 16.5. The molecule has 1 aromatic rings. The summed E-state index contributed by atoms with van der Waals surface area (Å²) < 4.78 is 4.86. The number of rotatable bonds is 3. The second-order valence-electron chi connectivity index (χ2n) is 3.82. The lowest BCUT2D eigenvalue weighted by atomic mass is 10.0. The van der Waals surface area contributed by atoms with Gasteiger partial charge in [-0.15, -0.1) is 0 Å². The number of benzene rings is 1. The second kappa shape index (κ2) is 4.51. The molecule has 2 rings (SSSR count). The van der Waals surface area contributed by atoms with Gasteiger partial charge in [0.25, 0.3) is 11.8 Å². The highest BCUT2D eigenvalue weighted by Gasteiger charge is 2.36. The van der Waals surface area contributed by atoms with Crippen LogP contribution in [0.1, 0.15) is 12.5 Å². The van der Waals surface area contributed by atoms with E-state index in [4.69, 9.17) is 4.74 Å². The average Bonchev–Trinajstić information content (AvgIpc) is 2.55. The zero-order valence-electron chi connectivity index (χ0n) is 9.77. The van der Waals surface area contributed by atoms with Crippen LogP contribution in [0.4, 0.5) is 0 Å². The minimum Gasteiger partial charge on any atom is -0.364 e. The maximum atomic E-state index is 12.1. The number of hydrogen-bond acceptors (Lipinski definition) is 3. The predicted octanol–water partition coefficient (Wildman–Crippen LogP) is 1.43. The topological polar surface area (TPSA) is 46.6 Å². The van der Waals surface area contributed by atoms with Crippen molar-refractivity contribution in [3.05, 3.63) is 41.5 Å². The maximum absolute atomic E-state index is 12.1. The molecular weight excluding hydrogens is 218 g/mol. The van der Waals surface area contributed by atoms with Gasteiger partial charge in [-0.2, -0.15) is 0 Å². The summed E-state index contributed by atoms with van der Waals surface area (Å²) in [4.78, 5) is 25.0. The Balaban J connectivity index is 2.42. The van der Waals surface area contributed by atoms with Crippen LogP contribution in [0.15, 0.2) is 35.9 Å². The third kappa shape index (κ3) is 1.87. The molecule has 0 saturated carbocycles. The van der Waals surface area contributed by atoms with Crippen LogP contribution in [0.5, 0.6) is 0 Å². The van der Waals surface area contributed by atoms with E-state index >= 15 is 0 Å². The van der Waals surface area contributed by atoms with Crippen LogP contribution in [0.25, 0.3) is 5.57 Å². The number of ether oxygens (including phenoxy) is 1. The third-order valence-electron chi connectivity index (χ3n) is 2.72. The van der Waals surface area contributed by atoms with Crippen molar-refractivity contribution in [3.63, 3.8) is 0 Å². The molecule has 0 aromatic heterocycles. The fraction of sp³-hybridized carbons (Fsp3) is 0.231. The van der Waals surface area contributed by atoms with Gasteiger partial charge in [0.05, 0.1) is 5.57 Å². The van der Waals surface area contributed by atoms with Crippen molar-refractivity contribution in [1.82, 2.24) is 4.90 Å². The fourth-order valence-electron chi connectivity index (χ4n) is 1.89. The summed E-state index contributed by atoms with van der Waals surface area (Å²) in [6.45, 7) is 1.66. The van der Waals surface area contributed by atoms with Gasteiger partial charge in [-0.1, -0.05) is 30.3 Å². The summed E-state index contributed by atoms with van der Waals surface area (Å²) in [5, 5.41) is 0. The van der Waals surface area contributed by atoms with Crippen molar-refractivity contribution < 1.29 is 14.3 Å². The van der Waals surface area contributed by atoms with Gasteiger partial charge in [0, 0.05) is 12.7 Å². The quantitative estimate of drug-likeness (QED) is 0.739. The number of imide groups is 1. The third-order valence-corrected chi connectivity index (χ3v) is 2.72. The maximum Gasteiger partial charge on any atom is 0.263 e. The molecule has 0 atom stereocenters. The van der Waals surface area contributed by atoms with Crippen molar-refractivity contribution in [3.8, 4) is 0 Å². The molecule has 0 N–H and O–H groups in total. The van der Waals surface area contributed by atoms with E-state index in [1.54, 1.807) is 6.92 Å². The molecule has 88 valence electrons. The monoisotopic (exact) mass is 231 g/mol. The van der Waals surface area contributed by atoms with Gasteiger partial charge in [-0.25, -0.2) is 0 Å². The first-order valence-corrected chi connectivity index (χ1v) is 5.28. The molecule has 2 amide bonds. The van der Waals surface area contributed by atoms with Crippen LogP contribution >= 0.6 is 0 Å². The molecule has 0 saturated heterocycles. The molecule has 0 spiro atoms. The molecule has 4 nitrogen and oxygen atoms in total. The first-order chi connectivity index (χ1) is 8.16. The van der Waals surface area contributed by atoms with Crippen LogP contribution in [0.2, 0.25) is 0 Å². The molecule has 0 fully saturated rings. The second-order valence-corrected chi connectivity index (χ2v) is 3.82. The Bertz CT molecular complexity index is 491. The van der Waals surface area contributed by atoms with Crippen LogP contribution in [0.3, 0.4) is 0 Å². The highest BCUT2D eigenvalue weighted by Crippen LogP contribution is 2.28. The van der Waals surface area contributed by atoms with Crippen LogP contribution in [0, 0.1) is 0 Å². The first kappa shape index (κ1) is 11.5. The number of methoxy groups -OCH3 is 1. The molecule has 1 aromatic carbocycles. The first-order valence-electron chi connectivity index (χ1n) is 5.28. The van der Waals surface area contributed by atoms with Crippen molar-refractivity contribution in [2.45, 2.75) is 6.92 Å². The van der Waals surface area contributed by atoms with E-state index < -0.39 is 0 Å². The summed E-state index contributed by atoms with van der Waals surface area (Å²) in [5.74, 6) is -0.573. The van der Waals surface area contributed by atoms with Crippen LogP contribution < -0.4 is 0 Å². The molecule has 17 heavy (non-hydrogen) atoms. The number of nitrogens with zero attached hydrogens (tertiary/aromatic N) is 1. The largest absolute Gasteiger partial charge is 0.364 e. The van der Waals surface area contributed by atoms with Gasteiger partial charge in [0.1, 0.15) is 6.73 Å². The Kier molecular flexibility index (Phi) is 3.06. The summed E-state index contributed by atoms with van der Waals surface area (Å²) in [6.07, 6.45) is 0. The molecule has 0 radical (unpaired) electrons. The van der Waals surface area contributed by atoms with Gasteiger partial charge in [-0.3, -0.25) is 14.5 Å². The lowest BCUT2D eigenvalue weighted by molar-refractivity contribution is -0.141. The lowest BCUT2D eigenvalue weighted by Gasteiger charge is -2.13. The van der Waals surface area contributed by atoms with Crippen molar-refractivity contribution >= 4 is 17.4 Å². The number of carbonyl (C=O) groups is 2. The lowest BCUT2D eigenvalue weighted by Crippen LogP contribution is -2.33. The van der Waals surface area contributed by atoms with E-state index in [-0.39, 0.29) is 18.5 Å². The van der Waals surface area contributed by atoms with Gasteiger partial charge in [0.15, 0.2) is 0 Å². The normalized spacial score (nSPS) is 16.0. The molecule has 0 unspecified atom stereocenters. The zero-order valence-corrected chi connectivity index (χ0v) is 9.77. The van der Waals surface area contributed by atoms with E-state index in [9.17, 15) is 9.59 Å². The molecule has 1 aliphatic rings. The van der Waals surface area contributed by atoms with E-state index in [2.05, 4.69) is 0 Å². The van der Waals surface area contributed by atoms with E-state index in [1.807, 2.05) is 30.3 Å². The van der Waals surface area contributed by atoms with Crippen LogP contribution in [-0.2, 0) is 14.3 Å². The summed E-state index contributed by atoms with van der Waals surface area (Å²) in [5.41, 5.74) is 1.70. The number of carbonyl (C=O) groups excluding carboxylic acids is 2.